The maximum absolute atomic E-state index is 13.0. The molecular weight excluding hydrogens is 319 g/mol. The minimum atomic E-state index is -0.313. The minimum Gasteiger partial charge on any atom is -0.350 e. The Morgan fingerprint density at radius 2 is 1.72 bits per heavy atom. The number of halogens is 1. The molecule has 0 saturated carbocycles. The molecule has 0 aliphatic carbocycles. The molecule has 0 aromatic heterocycles. The van der Waals surface area contributed by atoms with E-state index in [0.29, 0.717) is 13.1 Å². The smallest absolute Gasteiger partial charge is 0.222 e. The van der Waals surface area contributed by atoms with Gasteiger partial charge in [0, 0.05) is 26.4 Å². The number of rotatable bonds is 7. The predicted molar refractivity (Wildman–Crippen MR) is 95.1 cm³/mol. The van der Waals surface area contributed by atoms with Crippen LogP contribution in [0.15, 0.2) is 54.6 Å². The summed E-state index contributed by atoms with van der Waals surface area (Å²) in [5.74, 6) is -0.539. The first kappa shape index (κ1) is 18.6. The van der Waals surface area contributed by atoms with Crippen LogP contribution in [0.5, 0.6) is 0 Å². The second-order valence-corrected chi connectivity index (χ2v) is 6.02. The van der Waals surface area contributed by atoms with E-state index in [1.54, 1.807) is 17.0 Å². The van der Waals surface area contributed by atoms with Crippen LogP contribution < -0.4 is 5.32 Å². The lowest BCUT2D eigenvalue weighted by atomic mass is 10.1. The van der Waals surface area contributed by atoms with E-state index < -0.39 is 0 Å². The summed E-state index contributed by atoms with van der Waals surface area (Å²) in [5, 5.41) is 2.94. The average molecular weight is 342 g/mol. The molecule has 0 fully saturated rings. The second kappa shape index (κ2) is 8.97. The summed E-state index contributed by atoms with van der Waals surface area (Å²) in [5.41, 5.74) is 1.86. The van der Waals surface area contributed by atoms with Gasteiger partial charge in [0.15, 0.2) is 0 Å². The fraction of sp³-hybridized carbons (Fsp3) is 0.300. The quantitative estimate of drug-likeness (QED) is 0.838. The monoisotopic (exact) mass is 342 g/mol. The topological polar surface area (TPSA) is 49.4 Å². The molecule has 2 aromatic carbocycles. The van der Waals surface area contributed by atoms with Gasteiger partial charge in [0.2, 0.25) is 11.8 Å². The summed E-state index contributed by atoms with van der Waals surface area (Å²) in [6.07, 6.45) is 0.220. The Labute approximate surface area is 147 Å². The molecule has 0 spiro atoms. The van der Waals surface area contributed by atoms with E-state index in [1.165, 1.54) is 19.1 Å². The number of hydrogen-bond donors (Lipinski definition) is 1. The van der Waals surface area contributed by atoms with Gasteiger partial charge in [-0.2, -0.15) is 0 Å². The van der Waals surface area contributed by atoms with Crippen molar-refractivity contribution in [3.05, 3.63) is 71.5 Å². The van der Waals surface area contributed by atoms with Gasteiger partial charge in [0.1, 0.15) is 5.82 Å². The molecule has 1 N–H and O–H groups in total. The van der Waals surface area contributed by atoms with E-state index in [0.717, 1.165) is 11.1 Å². The van der Waals surface area contributed by atoms with Crippen molar-refractivity contribution in [1.82, 2.24) is 10.2 Å². The van der Waals surface area contributed by atoms with Crippen LogP contribution in [0.2, 0.25) is 0 Å². The van der Waals surface area contributed by atoms with E-state index in [9.17, 15) is 14.0 Å². The highest BCUT2D eigenvalue weighted by atomic mass is 19.1. The first-order valence-corrected chi connectivity index (χ1v) is 8.30. The molecule has 2 amide bonds. The number of hydrogen-bond acceptors (Lipinski definition) is 2. The zero-order chi connectivity index (χ0) is 18.2. The van der Waals surface area contributed by atoms with Crippen LogP contribution in [0.4, 0.5) is 4.39 Å². The molecule has 2 aromatic rings. The predicted octanol–water partition coefficient (Wildman–Crippen LogP) is 3.44. The van der Waals surface area contributed by atoms with E-state index in [-0.39, 0.29) is 30.1 Å². The van der Waals surface area contributed by atoms with Crippen molar-refractivity contribution < 1.29 is 14.0 Å². The van der Waals surface area contributed by atoms with Crippen LogP contribution in [0.1, 0.15) is 37.4 Å². The second-order valence-electron chi connectivity index (χ2n) is 6.02. The van der Waals surface area contributed by atoms with Gasteiger partial charge in [-0.25, -0.2) is 4.39 Å². The van der Waals surface area contributed by atoms with Crippen molar-refractivity contribution in [2.75, 3.05) is 6.54 Å². The largest absolute Gasteiger partial charge is 0.350 e. The van der Waals surface area contributed by atoms with E-state index in [1.807, 2.05) is 37.3 Å². The molecule has 132 valence electrons. The molecule has 4 nitrogen and oxygen atoms in total. The van der Waals surface area contributed by atoms with Crippen molar-refractivity contribution >= 4 is 11.8 Å². The molecule has 1 unspecified atom stereocenters. The summed E-state index contributed by atoms with van der Waals surface area (Å²) < 4.78 is 13.0. The standard InChI is InChI=1S/C20H23FN2O2/c1-15(18-6-4-3-5-7-18)22-20(25)12-13-23(16(2)24)14-17-8-10-19(21)11-9-17/h3-11,15H,12-14H2,1-2H3,(H,22,25). The first-order valence-electron chi connectivity index (χ1n) is 8.30. The lowest BCUT2D eigenvalue weighted by Gasteiger charge is -2.22. The molecule has 0 bridgehead atoms. The van der Waals surface area contributed by atoms with Crippen molar-refractivity contribution in [1.29, 1.82) is 0 Å². The van der Waals surface area contributed by atoms with Crippen molar-refractivity contribution in [3.63, 3.8) is 0 Å². The Balaban J connectivity index is 1.86. The summed E-state index contributed by atoms with van der Waals surface area (Å²) in [6, 6.07) is 15.6. The fourth-order valence-electron chi connectivity index (χ4n) is 2.53. The Morgan fingerprint density at radius 3 is 2.32 bits per heavy atom. The Hall–Kier alpha value is -2.69. The third-order valence-corrected chi connectivity index (χ3v) is 4.02. The SMILES string of the molecule is CC(=O)N(CCC(=O)NC(C)c1ccccc1)Cc1ccc(F)cc1. The Kier molecular flexibility index (Phi) is 6.69. The number of benzene rings is 2. The van der Waals surface area contributed by atoms with Gasteiger partial charge in [0.25, 0.3) is 0 Å². The molecule has 0 saturated heterocycles. The molecule has 5 heteroatoms. The van der Waals surface area contributed by atoms with Crippen LogP contribution in [-0.4, -0.2) is 23.3 Å². The Bertz CT molecular complexity index is 701. The van der Waals surface area contributed by atoms with Crippen molar-refractivity contribution in [2.45, 2.75) is 32.9 Å². The molecule has 0 radical (unpaired) electrons. The summed E-state index contributed by atoms with van der Waals surface area (Å²) >= 11 is 0. The number of nitrogens with zero attached hydrogens (tertiary/aromatic N) is 1. The zero-order valence-electron chi connectivity index (χ0n) is 14.5. The van der Waals surface area contributed by atoms with E-state index in [2.05, 4.69) is 5.32 Å². The van der Waals surface area contributed by atoms with Gasteiger partial charge >= 0.3 is 0 Å². The van der Waals surface area contributed by atoms with Crippen LogP contribution in [0.25, 0.3) is 0 Å². The van der Waals surface area contributed by atoms with Crippen LogP contribution in [0, 0.1) is 5.82 Å². The highest BCUT2D eigenvalue weighted by Crippen LogP contribution is 2.12. The molecule has 25 heavy (non-hydrogen) atoms. The molecule has 2 rings (SSSR count). The number of carbonyl (C=O) groups is 2. The van der Waals surface area contributed by atoms with Gasteiger partial charge in [-0.1, -0.05) is 42.5 Å². The zero-order valence-corrected chi connectivity index (χ0v) is 14.5. The number of amides is 2. The fourth-order valence-corrected chi connectivity index (χ4v) is 2.53. The van der Waals surface area contributed by atoms with Gasteiger partial charge in [0.05, 0.1) is 6.04 Å². The number of nitrogens with one attached hydrogen (secondary N) is 1. The van der Waals surface area contributed by atoms with Crippen LogP contribution in [-0.2, 0) is 16.1 Å². The molecule has 0 aliphatic rings. The summed E-state index contributed by atoms with van der Waals surface area (Å²) in [7, 11) is 0. The first-order chi connectivity index (χ1) is 12.0. The highest BCUT2D eigenvalue weighted by molar-refractivity contribution is 5.78. The van der Waals surface area contributed by atoms with Gasteiger partial charge < -0.3 is 10.2 Å². The van der Waals surface area contributed by atoms with Gasteiger partial charge in [-0.15, -0.1) is 0 Å². The molecule has 0 heterocycles. The van der Waals surface area contributed by atoms with E-state index in [4.69, 9.17) is 0 Å². The molecule has 1 atom stereocenters. The third kappa shape index (κ3) is 6.03. The molecular formula is C20H23FN2O2. The van der Waals surface area contributed by atoms with Crippen molar-refractivity contribution in [2.24, 2.45) is 0 Å². The molecule has 0 aliphatic heterocycles. The lowest BCUT2D eigenvalue weighted by Crippen LogP contribution is -2.34. The third-order valence-electron chi connectivity index (χ3n) is 4.02. The normalized spacial score (nSPS) is 11.6. The minimum absolute atomic E-state index is 0.0865. The van der Waals surface area contributed by atoms with Gasteiger partial charge in [-0.3, -0.25) is 9.59 Å². The number of carbonyl (C=O) groups excluding carboxylic acids is 2. The van der Waals surface area contributed by atoms with E-state index >= 15 is 0 Å². The maximum Gasteiger partial charge on any atom is 0.222 e. The van der Waals surface area contributed by atoms with Crippen molar-refractivity contribution in [3.8, 4) is 0 Å². The maximum atomic E-state index is 13.0. The van der Waals surface area contributed by atoms with Crippen LogP contribution >= 0.6 is 0 Å². The Morgan fingerprint density at radius 1 is 1.08 bits per heavy atom. The lowest BCUT2D eigenvalue weighted by molar-refractivity contribution is -0.130. The average Bonchev–Trinajstić information content (AvgIpc) is 2.60. The highest BCUT2D eigenvalue weighted by Gasteiger charge is 2.14. The summed E-state index contributed by atoms with van der Waals surface area (Å²) in [6.45, 7) is 4.07. The van der Waals surface area contributed by atoms with Gasteiger partial charge in [-0.05, 0) is 30.2 Å². The van der Waals surface area contributed by atoms with Crippen LogP contribution in [0.3, 0.4) is 0 Å². The summed E-state index contributed by atoms with van der Waals surface area (Å²) in [4.78, 5) is 25.5.